The van der Waals surface area contributed by atoms with Crippen molar-refractivity contribution in [2.45, 2.75) is 33.3 Å². The summed E-state index contributed by atoms with van der Waals surface area (Å²) in [5.41, 5.74) is 0.772. The molecule has 0 fully saturated rings. The zero-order chi connectivity index (χ0) is 13.9. The van der Waals surface area contributed by atoms with Crippen LogP contribution in [-0.2, 0) is 4.74 Å². The van der Waals surface area contributed by atoms with E-state index < -0.39 is 0 Å². The first kappa shape index (κ1) is 13.9. The SMILES string of the molecule is CCN(CCOC(C)(C)C)c1nccc2occc12. The van der Waals surface area contributed by atoms with Gasteiger partial charge in [-0.2, -0.15) is 0 Å². The summed E-state index contributed by atoms with van der Waals surface area (Å²) in [5.74, 6) is 0.964. The number of fused-ring (bicyclic) bond motifs is 1. The molecule has 19 heavy (non-hydrogen) atoms. The Morgan fingerprint density at radius 3 is 2.79 bits per heavy atom. The van der Waals surface area contributed by atoms with Gasteiger partial charge in [-0.15, -0.1) is 0 Å². The number of anilines is 1. The lowest BCUT2D eigenvalue weighted by Crippen LogP contribution is -2.31. The molecule has 4 nitrogen and oxygen atoms in total. The average molecular weight is 262 g/mol. The van der Waals surface area contributed by atoms with Gasteiger partial charge in [0.25, 0.3) is 0 Å². The Labute approximate surface area is 114 Å². The molecule has 0 amide bonds. The van der Waals surface area contributed by atoms with Crippen molar-refractivity contribution in [1.82, 2.24) is 4.98 Å². The molecule has 4 heteroatoms. The first-order chi connectivity index (χ1) is 9.01. The molecular formula is C15H22N2O2. The normalized spacial score (nSPS) is 12.0. The van der Waals surface area contributed by atoms with Crippen molar-refractivity contribution >= 4 is 16.8 Å². The lowest BCUT2D eigenvalue weighted by Gasteiger charge is -2.25. The predicted octanol–water partition coefficient (Wildman–Crippen LogP) is 3.47. The van der Waals surface area contributed by atoms with Gasteiger partial charge in [0.05, 0.1) is 23.9 Å². The lowest BCUT2D eigenvalue weighted by atomic mass is 10.2. The van der Waals surface area contributed by atoms with Crippen LogP contribution in [0.2, 0.25) is 0 Å². The van der Waals surface area contributed by atoms with Gasteiger partial charge in [-0.1, -0.05) is 0 Å². The Morgan fingerprint density at radius 2 is 2.11 bits per heavy atom. The maximum atomic E-state index is 5.78. The maximum absolute atomic E-state index is 5.78. The summed E-state index contributed by atoms with van der Waals surface area (Å²) in [7, 11) is 0. The third-order valence-corrected chi connectivity index (χ3v) is 2.94. The highest BCUT2D eigenvalue weighted by atomic mass is 16.5. The number of ether oxygens (including phenoxy) is 1. The van der Waals surface area contributed by atoms with Gasteiger partial charge in [0.1, 0.15) is 11.4 Å². The number of aromatic nitrogens is 1. The van der Waals surface area contributed by atoms with Gasteiger partial charge < -0.3 is 14.1 Å². The summed E-state index contributed by atoms with van der Waals surface area (Å²) >= 11 is 0. The molecule has 0 atom stereocenters. The van der Waals surface area contributed by atoms with Gasteiger partial charge in [-0.3, -0.25) is 0 Å². The largest absolute Gasteiger partial charge is 0.464 e. The molecule has 0 saturated heterocycles. The molecule has 0 aliphatic rings. The van der Waals surface area contributed by atoms with Crippen molar-refractivity contribution < 1.29 is 9.15 Å². The van der Waals surface area contributed by atoms with Crippen LogP contribution in [-0.4, -0.2) is 30.3 Å². The third kappa shape index (κ3) is 3.47. The number of hydrogen-bond acceptors (Lipinski definition) is 4. The minimum Gasteiger partial charge on any atom is -0.464 e. The molecule has 0 unspecified atom stereocenters. The van der Waals surface area contributed by atoms with Gasteiger partial charge in [-0.05, 0) is 39.8 Å². The zero-order valence-corrected chi connectivity index (χ0v) is 12.1. The molecule has 0 aliphatic heterocycles. The minimum absolute atomic E-state index is 0.103. The van der Waals surface area contributed by atoms with Crippen LogP contribution in [0.5, 0.6) is 0 Å². The van der Waals surface area contributed by atoms with E-state index in [1.165, 1.54) is 0 Å². The Balaban J connectivity index is 2.11. The first-order valence-electron chi connectivity index (χ1n) is 6.72. The van der Waals surface area contributed by atoms with Gasteiger partial charge in [-0.25, -0.2) is 4.98 Å². The Morgan fingerprint density at radius 1 is 1.32 bits per heavy atom. The molecule has 0 saturated carbocycles. The second-order valence-corrected chi connectivity index (χ2v) is 5.51. The molecule has 2 aromatic rings. The number of likely N-dealkylation sites (N-methyl/N-ethyl adjacent to an activating group) is 1. The molecule has 0 aromatic carbocycles. The number of nitrogens with zero attached hydrogens (tertiary/aromatic N) is 2. The zero-order valence-electron chi connectivity index (χ0n) is 12.1. The average Bonchev–Trinajstić information content (AvgIpc) is 2.81. The molecule has 0 spiro atoms. The number of furan rings is 1. The fourth-order valence-electron chi connectivity index (χ4n) is 2.01. The van der Waals surface area contributed by atoms with E-state index in [-0.39, 0.29) is 5.60 Å². The molecule has 2 heterocycles. The minimum atomic E-state index is -0.103. The Hall–Kier alpha value is -1.55. The van der Waals surface area contributed by atoms with Gasteiger partial charge in [0.2, 0.25) is 0 Å². The Bertz CT molecular complexity index is 528. The van der Waals surface area contributed by atoms with E-state index in [1.54, 1.807) is 12.5 Å². The van der Waals surface area contributed by atoms with Crippen LogP contribution >= 0.6 is 0 Å². The van der Waals surface area contributed by atoms with Crippen molar-refractivity contribution in [2.24, 2.45) is 0 Å². The van der Waals surface area contributed by atoms with E-state index in [4.69, 9.17) is 9.15 Å². The quantitative estimate of drug-likeness (QED) is 0.827. The van der Waals surface area contributed by atoms with E-state index in [1.807, 2.05) is 12.1 Å². The molecule has 2 rings (SSSR count). The van der Waals surface area contributed by atoms with Crippen molar-refractivity contribution in [3.63, 3.8) is 0 Å². The van der Waals surface area contributed by atoms with E-state index in [0.29, 0.717) is 6.61 Å². The Kier molecular flexibility index (Phi) is 4.10. The monoisotopic (exact) mass is 262 g/mol. The fourth-order valence-corrected chi connectivity index (χ4v) is 2.01. The second kappa shape index (κ2) is 5.61. The molecule has 0 N–H and O–H groups in total. The van der Waals surface area contributed by atoms with Crippen LogP contribution in [0.3, 0.4) is 0 Å². The summed E-state index contributed by atoms with van der Waals surface area (Å²) in [4.78, 5) is 6.69. The van der Waals surface area contributed by atoms with Gasteiger partial charge >= 0.3 is 0 Å². The van der Waals surface area contributed by atoms with Crippen molar-refractivity contribution in [3.8, 4) is 0 Å². The standard InChI is InChI=1S/C15H22N2O2/c1-5-17(9-11-19-15(2,3)4)14-12-7-10-18-13(12)6-8-16-14/h6-8,10H,5,9,11H2,1-4H3. The number of hydrogen-bond donors (Lipinski definition) is 0. The summed E-state index contributed by atoms with van der Waals surface area (Å²) in [6.07, 6.45) is 3.49. The van der Waals surface area contributed by atoms with Crippen molar-refractivity contribution in [1.29, 1.82) is 0 Å². The first-order valence-corrected chi connectivity index (χ1v) is 6.72. The number of rotatable bonds is 5. The summed E-state index contributed by atoms with van der Waals surface area (Å²) < 4.78 is 11.2. The third-order valence-electron chi connectivity index (χ3n) is 2.94. The second-order valence-electron chi connectivity index (χ2n) is 5.51. The van der Waals surface area contributed by atoms with Gasteiger partial charge in [0.15, 0.2) is 0 Å². The fraction of sp³-hybridized carbons (Fsp3) is 0.533. The van der Waals surface area contributed by atoms with E-state index >= 15 is 0 Å². The maximum Gasteiger partial charge on any atom is 0.139 e. The van der Waals surface area contributed by atoms with Crippen molar-refractivity contribution in [2.75, 3.05) is 24.6 Å². The van der Waals surface area contributed by atoms with Gasteiger partial charge in [0, 0.05) is 19.3 Å². The summed E-state index contributed by atoms with van der Waals surface area (Å²) in [5, 5.41) is 1.06. The molecule has 104 valence electrons. The molecule has 0 bridgehead atoms. The highest BCUT2D eigenvalue weighted by Crippen LogP contribution is 2.25. The van der Waals surface area contributed by atoms with E-state index in [9.17, 15) is 0 Å². The van der Waals surface area contributed by atoms with Crippen LogP contribution in [0.4, 0.5) is 5.82 Å². The summed E-state index contributed by atoms with van der Waals surface area (Å²) in [6, 6.07) is 3.85. The highest BCUT2D eigenvalue weighted by molar-refractivity contribution is 5.88. The van der Waals surface area contributed by atoms with Crippen LogP contribution in [0.1, 0.15) is 27.7 Å². The van der Waals surface area contributed by atoms with Crippen molar-refractivity contribution in [3.05, 3.63) is 24.6 Å². The summed E-state index contributed by atoms with van der Waals surface area (Å²) in [6.45, 7) is 10.7. The molecule has 0 radical (unpaired) electrons. The van der Waals surface area contributed by atoms with Crippen LogP contribution in [0.15, 0.2) is 29.0 Å². The molecule has 2 aromatic heterocycles. The number of pyridine rings is 1. The topological polar surface area (TPSA) is 38.5 Å². The highest BCUT2D eigenvalue weighted by Gasteiger charge is 2.14. The predicted molar refractivity (Wildman–Crippen MR) is 77.6 cm³/mol. The lowest BCUT2D eigenvalue weighted by molar-refractivity contribution is 0.00139. The van der Waals surface area contributed by atoms with Crippen LogP contribution in [0, 0.1) is 0 Å². The van der Waals surface area contributed by atoms with Crippen LogP contribution in [0.25, 0.3) is 11.0 Å². The van der Waals surface area contributed by atoms with E-state index in [0.717, 1.165) is 29.9 Å². The van der Waals surface area contributed by atoms with Crippen LogP contribution < -0.4 is 4.90 Å². The smallest absolute Gasteiger partial charge is 0.139 e. The van der Waals surface area contributed by atoms with E-state index in [2.05, 4.69) is 37.6 Å². The molecular weight excluding hydrogens is 240 g/mol. The molecule has 0 aliphatic carbocycles.